The van der Waals surface area contributed by atoms with Gasteiger partial charge in [-0.15, -0.1) is 0 Å². The van der Waals surface area contributed by atoms with Crippen LogP contribution in [0.25, 0.3) is 0 Å². The third-order valence-electron chi connectivity index (χ3n) is 8.60. The highest BCUT2D eigenvalue weighted by atomic mass is 15.2. The quantitative estimate of drug-likeness (QED) is 0.355. The molecule has 0 aromatic rings. The van der Waals surface area contributed by atoms with Gasteiger partial charge in [0.15, 0.2) is 0 Å². The molecule has 0 aromatic carbocycles. The van der Waals surface area contributed by atoms with Crippen LogP contribution in [0.15, 0.2) is 0 Å². The van der Waals surface area contributed by atoms with Crippen LogP contribution >= 0.6 is 0 Å². The van der Waals surface area contributed by atoms with Crippen molar-refractivity contribution < 1.29 is 0 Å². The van der Waals surface area contributed by atoms with Gasteiger partial charge >= 0.3 is 0 Å². The first-order valence-corrected chi connectivity index (χ1v) is 13.1. The van der Waals surface area contributed by atoms with Crippen LogP contribution in [0, 0.1) is 10.8 Å². The first-order valence-electron chi connectivity index (χ1n) is 13.1. The molecule has 1 aliphatic carbocycles. The maximum absolute atomic E-state index is 2.83. The summed E-state index contributed by atoms with van der Waals surface area (Å²) in [5.74, 6) is 0. The van der Waals surface area contributed by atoms with Crippen LogP contribution in [0.3, 0.4) is 0 Å². The predicted molar refractivity (Wildman–Crippen MR) is 123 cm³/mol. The van der Waals surface area contributed by atoms with Gasteiger partial charge in [-0.2, -0.15) is 0 Å². The van der Waals surface area contributed by atoms with Crippen molar-refractivity contribution in [3.8, 4) is 0 Å². The van der Waals surface area contributed by atoms with Gasteiger partial charge in [0.2, 0.25) is 0 Å². The molecule has 0 unspecified atom stereocenters. The highest BCUT2D eigenvalue weighted by Gasteiger charge is 2.44. The molecule has 0 aromatic heterocycles. The Balaban J connectivity index is 1.28. The Labute approximate surface area is 176 Å². The van der Waals surface area contributed by atoms with Crippen molar-refractivity contribution in [1.29, 1.82) is 0 Å². The summed E-state index contributed by atoms with van der Waals surface area (Å²) in [6.45, 7) is 13.1. The SMILES string of the molecule is CCCC1(CCC)CCC2(CCN(CCCCCCN3CCCCC3)C2)CC1. The summed E-state index contributed by atoms with van der Waals surface area (Å²) in [5.41, 5.74) is 1.43. The topological polar surface area (TPSA) is 6.48 Å². The van der Waals surface area contributed by atoms with Crippen molar-refractivity contribution >= 4 is 0 Å². The third kappa shape index (κ3) is 6.46. The Bertz CT molecular complexity index is 410. The minimum absolute atomic E-state index is 0.708. The van der Waals surface area contributed by atoms with Gasteiger partial charge in [0.25, 0.3) is 0 Å². The fourth-order valence-electron chi connectivity index (χ4n) is 6.83. The van der Waals surface area contributed by atoms with Crippen molar-refractivity contribution in [2.24, 2.45) is 10.8 Å². The van der Waals surface area contributed by atoms with Gasteiger partial charge in [0, 0.05) is 6.54 Å². The number of nitrogens with zero attached hydrogens (tertiary/aromatic N) is 2. The summed E-state index contributed by atoms with van der Waals surface area (Å²) >= 11 is 0. The maximum atomic E-state index is 2.83. The monoisotopic (exact) mass is 390 g/mol. The molecule has 28 heavy (non-hydrogen) atoms. The molecule has 2 heteroatoms. The molecule has 0 bridgehead atoms. The predicted octanol–water partition coefficient (Wildman–Crippen LogP) is 6.89. The van der Waals surface area contributed by atoms with E-state index in [-0.39, 0.29) is 0 Å². The van der Waals surface area contributed by atoms with E-state index in [0.29, 0.717) is 5.41 Å². The molecule has 164 valence electrons. The third-order valence-corrected chi connectivity index (χ3v) is 8.60. The van der Waals surface area contributed by atoms with E-state index in [2.05, 4.69) is 23.6 Å². The van der Waals surface area contributed by atoms with Crippen LogP contribution in [-0.4, -0.2) is 49.1 Å². The molecule has 3 aliphatic rings. The van der Waals surface area contributed by atoms with Gasteiger partial charge in [-0.25, -0.2) is 0 Å². The summed E-state index contributed by atoms with van der Waals surface area (Å²) in [5, 5.41) is 0. The lowest BCUT2D eigenvalue weighted by Crippen LogP contribution is -2.36. The van der Waals surface area contributed by atoms with Crippen molar-refractivity contribution in [2.75, 3.05) is 39.3 Å². The minimum Gasteiger partial charge on any atom is -0.303 e. The summed E-state index contributed by atoms with van der Waals surface area (Å²) in [4.78, 5) is 5.53. The zero-order valence-corrected chi connectivity index (χ0v) is 19.5. The van der Waals surface area contributed by atoms with Gasteiger partial charge in [0.1, 0.15) is 0 Å². The van der Waals surface area contributed by atoms with Crippen LogP contribution in [-0.2, 0) is 0 Å². The fourth-order valence-corrected chi connectivity index (χ4v) is 6.83. The highest BCUT2D eigenvalue weighted by Crippen LogP contribution is 2.53. The molecule has 1 saturated carbocycles. The molecular formula is C26H50N2. The Hall–Kier alpha value is -0.0800. The summed E-state index contributed by atoms with van der Waals surface area (Å²) in [6.07, 6.45) is 23.5. The van der Waals surface area contributed by atoms with E-state index in [1.807, 2.05) is 0 Å². The zero-order valence-electron chi connectivity index (χ0n) is 19.5. The summed E-state index contributed by atoms with van der Waals surface area (Å²) < 4.78 is 0. The Morgan fingerprint density at radius 1 is 0.607 bits per heavy atom. The minimum atomic E-state index is 0.708. The molecule has 2 saturated heterocycles. The van der Waals surface area contributed by atoms with Gasteiger partial charge in [-0.1, -0.05) is 46.0 Å². The first-order chi connectivity index (χ1) is 13.7. The molecule has 3 rings (SSSR count). The number of hydrogen-bond acceptors (Lipinski definition) is 2. The second kappa shape index (κ2) is 11.3. The second-order valence-electron chi connectivity index (χ2n) is 10.8. The van der Waals surface area contributed by atoms with E-state index < -0.39 is 0 Å². The number of rotatable bonds is 11. The van der Waals surface area contributed by atoms with E-state index >= 15 is 0 Å². The highest BCUT2D eigenvalue weighted by molar-refractivity contribution is 4.97. The van der Waals surface area contributed by atoms with Gasteiger partial charge in [-0.05, 0) is 114 Å². The molecule has 1 spiro atoms. The van der Waals surface area contributed by atoms with E-state index in [9.17, 15) is 0 Å². The lowest BCUT2D eigenvalue weighted by atomic mass is 9.60. The van der Waals surface area contributed by atoms with Crippen LogP contribution in [0.1, 0.15) is 117 Å². The van der Waals surface area contributed by atoms with Crippen LogP contribution in [0.2, 0.25) is 0 Å². The molecule has 0 radical (unpaired) electrons. The summed E-state index contributed by atoms with van der Waals surface area (Å²) in [7, 11) is 0. The Morgan fingerprint density at radius 3 is 1.82 bits per heavy atom. The second-order valence-corrected chi connectivity index (χ2v) is 10.8. The van der Waals surface area contributed by atoms with E-state index in [1.165, 1.54) is 142 Å². The summed E-state index contributed by atoms with van der Waals surface area (Å²) in [6, 6.07) is 0. The zero-order chi connectivity index (χ0) is 19.7. The maximum Gasteiger partial charge on any atom is 0.00385 e. The Morgan fingerprint density at radius 2 is 1.21 bits per heavy atom. The average Bonchev–Trinajstić information content (AvgIpc) is 3.11. The lowest BCUT2D eigenvalue weighted by molar-refractivity contribution is 0.0646. The van der Waals surface area contributed by atoms with Crippen molar-refractivity contribution in [1.82, 2.24) is 9.80 Å². The fraction of sp³-hybridized carbons (Fsp3) is 1.00. The smallest absolute Gasteiger partial charge is 0.00385 e. The largest absolute Gasteiger partial charge is 0.303 e. The Kier molecular flexibility index (Phi) is 9.16. The molecule has 2 nitrogen and oxygen atoms in total. The van der Waals surface area contributed by atoms with Crippen LogP contribution < -0.4 is 0 Å². The van der Waals surface area contributed by atoms with Gasteiger partial charge in [-0.3, -0.25) is 0 Å². The van der Waals surface area contributed by atoms with Crippen LogP contribution in [0.4, 0.5) is 0 Å². The lowest BCUT2D eigenvalue weighted by Gasteiger charge is -2.45. The number of likely N-dealkylation sites (tertiary alicyclic amines) is 2. The molecular weight excluding hydrogens is 340 g/mol. The molecule has 2 heterocycles. The van der Waals surface area contributed by atoms with E-state index in [4.69, 9.17) is 0 Å². The first kappa shape index (κ1) is 22.6. The molecule has 0 N–H and O–H groups in total. The van der Waals surface area contributed by atoms with E-state index in [1.54, 1.807) is 0 Å². The van der Waals surface area contributed by atoms with Gasteiger partial charge < -0.3 is 9.80 Å². The standard InChI is InChI=1S/C26H50N2/c1-3-12-25(13-4-2)14-16-26(17-15-25)18-23-28(24-26)22-9-6-5-8-19-27-20-10-7-11-21-27/h3-24H2,1-2H3. The number of piperidine rings is 1. The number of hydrogen-bond donors (Lipinski definition) is 0. The van der Waals surface area contributed by atoms with Gasteiger partial charge in [0.05, 0.1) is 0 Å². The molecule has 0 amide bonds. The van der Waals surface area contributed by atoms with E-state index in [0.717, 1.165) is 5.41 Å². The van der Waals surface area contributed by atoms with Crippen molar-refractivity contribution in [2.45, 2.75) is 117 Å². The van der Waals surface area contributed by atoms with Crippen molar-refractivity contribution in [3.05, 3.63) is 0 Å². The molecule has 2 aliphatic heterocycles. The number of unbranched alkanes of at least 4 members (excludes halogenated alkanes) is 3. The molecule has 3 fully saturated rings. The van der Waals surface area contributed by atoms with Crippen LogP contribution in [0.5, 0.6) is 0 Å². The average molecular weight is 391 g/mol. The molecule has 0 atom stereocenters. The van der Waals surface area contributed by atoms with Crippen molar-refractivity contribution in [3.63, 3.8) is 0 Å². The normalized spacial score (nSPS) is 25.5.